The molecule has 1 fully saturated rings. The first-order valence-electron chi connectivity index (χ1n) is 4.77. The second-order valence-corrected chi connectivity index (χ2v) is 3.46. The van der Waals surface area contributed by atoms with E-state index in [-0.39, 0.29) is 30.2 Å². The number of hydrogen-bond donors (Lipinski definition) is 0. The van der Waals surface area contributed by atoms with Crippen molar-refractivity contribution in [1.82, 2.24) is 0 Å². The predicted octanol–water partition coefficient (Wildman–Crippen LogP) is -0.297. The fourth-order valence-corrected chi connectivity index (χ4v) is 1.61. The van der Waals surface area contributed by atoms with E-state index >= 15 is 0 Å². The first kappa shape index (κ1) is 10.4. The number of nitrogens with zero attached hydrogens (tertiary/aromatic N) is 1. The second kappa shape index (κ2) is 3.77. The Balaban J connectivity index is 2.31. The molecule has 0 N–H and O–H groups in total. The summed E-state index contributed by atoms with van der Waals surface area (Å²) in [7, 11) is 0. The molecule has 0 spiro atoms. The third kappa shape index (κ3) is 1.67. The molecule has 1 aromatic carbocycles. The van der Waals surface area contributed by atoms with Crippen molar-refractivity contribution < 1.29 is 19.5 Å². The van der Waals surface area contributed by atoms with Gasteiger partial charge in [-0.25, -0.2) is 0 Å². The summed E-state index contributed by atoms with van der Waals surface area (Å²) in [5, 5.41) is 10.5. The van der Waals surface area contributed by atoms with E-state index in [1.165, 1.54) is 24.3 Å². The minimum atomic E-state index is -1.29. The van der Waals surface area contributed by atoms with Gasteiger partial charge in [0.25, 0.3) is 0 Å². The van der Waals surface area contributed by atoms with Gasteiger partial charge in [-0.3, -0.25) is 14.5 Å². The Kier molecular flexibility index (Phi) is 2.44. The van der Waals surface area contributed by atoms with Crippen molar-refractivity contribution in [2.45, 2.75) is 12.8 Å². The van der Waals surface area contributed by atoms with Gasteiger partial charge >= 0.3 is 0 Å². The fourth-order valence-electron chi connectivity index (χ4n) is 1.61. The van der Waals surface area contributed by atoms with Crippen LogP contribution in [0.3, 0.4) is 0 Å². The molecule has 0 saturated carbocycles. The van der Waals surface area contributed by atoms with Gasteiger partial charge in [-0.15, -0.1) is 0 Å². The normalized spacial score (nSPS) is 15.6. The van der Waals surface area contributed by atoms with Crippen LogP contribution in [0.5, 0.6) is 0 Å². The SMILES string of the molecule is O=C([O-])c1ccc(N2C(=O)CCC2=O)cc1. The van der Waals surface area contributed by atoms with Crippen LogP contribution in [0.2, 0.25) is 0 Å². The highest BCUT2D eigenvalue weighted by Gasteiger charge is 2.29. The zero-order valence-electron chi connectivity index (χ0n) is 8.30. The standard InChI is InChI=1S/C11H9NO4/c13-9-5-6-10(14)12(9)8-3-1-7(2-4-8)11(15)16/h1-4H,5-6H2,(H,15,16)/p-1. The van der Waals surface area contributed by atoms with Gasteiger partial charge in [-0.1, -0.05) is 12.1 Å². The average Bonchev–Trinajstić information content (AvgIpc) is 2.59. The molecule has 1 aromatic rings. The number of carboxylic acid groups (broad SMARTS) is 1. The Morgan fingerprint density at radius 1 is 1.06 bits per heavy atom. The maximum absolute atomic E-state index is 11.4. The lowest BCUT2D eigenvalue weighted by molar-refractivity contribution is -0.255. The third-order valence-corrected chi connectivity index (χ3v) is 2.41. The summed E-state index contributed by atoms with van der Waals surface area (Å²) in [6.07, 6.45) is 0.419. The van der Waals surface area contributed by atoms with Gasteiger partial charge in [0.15, 0.2) is 0 Å². The molecule has 2 amide bonds. The number of rotatable bonds is 2. The monoisotopic (exact) mass is 218 g/mol. The lowest BCUT2D eigenvalue weighted by Gasteiger charge is -2.14. The van der Waals surface area contributed by atoms with E-state index in [2.05, 4.69) is 0 Å². The van der Waals surface area contributed by atoms with E-state index < -0.39 is 5.97 Å². The Morgan fingerprint density at radius 2 is 1.56 bits per heavy atom. The van der Waals surface area contributed by atoms with Crippen molar-refractivity contribution in [3.63, 3.8) is 0 Å². The lowest BCUT2D eigenvalue weighted by atomic mass is 10.2. The summed E-state index contributed by atoms with van der Waals surface area (Å²) in [6.45, 7) is 0. The van der Waals surface area contributed by atoms with Crippen LogP contribution >= 0.6 is 0 Å². The number of imide groups is 1. The smallest absolute Gasteiger partial charge is 0.234 e. The molecule has 1 aliphatic heterocycles. The van der Waals surface area contributed by atoms with Crippen molar-refractivity contribution in [3.05, 3.63) is 29.8 Å². The molecule has 0 radical (unpaired) electrons. The van der Waals surface area contributed by atoms with Crippen LogP contribution in [0.1, 0.15) is 23.2 Å². The first-order valence-corrected chi connectivity index (χ1v) is 4.77. The van der Waals surface area contributed by atoms with Crippen LogP contribution in [-0.2, 0) is 9.59 Å². The van der Waals surface area contributed by atoms with Gasteiger partial charge in [-0.05, 0) is 17.7 Å². The molecule has 1 saturated heterocycles. The van der Waals surface area contributed by atoms with Gasteiger partial charge in [0.2, 0.25) is 11.8 Å². The second-order valence-electron chi connectivity index (χ2n) is 3.46. The zero-order chi connectivity index (χ0) is 11.7. The summed E-state index contributed by atoms with van der Waals surface area (Å²) in [4.78, 5) is 34.3. The Bertz CT molecular complexity index is 447. The molecular formula is C11H8NO4-. The molecule has 0 aromatic heterocycles. The van der Waals surface area contributed by atoms with Crippen molar-refractivity contribution in [2.75, 3.05) is 4.90 Å². The van der Waals surface area contributed by atoms with E-state index in [0.29, 0.717) is 5.69 Å². The summed E-state index contributed by atoms with van der Waals surface area (Å²) in [5.41, 5.74) is 0.417. The van der Waals surface area contributed by atoms with Gasteiger partial charge < -0.3 is 9.90 Å². The van der Waals surface area contributed by atoms with Crippen LogP contribution < -0.4 is 10.0 Å². The van der Waals surface area contributed by atoms with E-state index in [0.717, 1.165) is 4.90 Å². The Morgan fingerprint density at radius 3 is 2.00 bits per heavy atom. The van der Waals surface area contributed by atoms with Crippen LogP contribution in [0.4, 0.5) is 5.69 Å². The number of carbonyl (C=O) groups is 3. The largest absolute Gasteiger partial charge is 0.545 e. The predicted molar refractivity (Wildman–Crippen MR) is 52.5 cm³/mol. The third-order valence-electron chi connectivity index (χ3n) is 2.41. The van der Waals surface area contributed by atoms with E-state index in [4.69, 9.17) is 0 Å². The molecule has 0 bridgehead atoms. The Hall–Kier alpha value is -2.17. The van der Waals surface area contributed by atoms with Crippen LogP contribution in [-0.4, -0.2) is 17.8 Å². The van der Waals surface area contributed by atoms with Gasteiger partial charge in [0.05, 0.1) is 11.7 Å². The number of carbonyl (C=O) groups excluding carboxylic acids is 3. The minimum Gasteiger partial charge on any atom is -0.545 e. The number of amides is 2. The van der Waals surface area contributed by atoms with E-state index in [1.807, 2.05) is 0 Å². The summed E-state index contributed by atoms with van der Waals surface area (Å²) in [5.74, 6) is -1.80. The molecule has 1 aliphatic rings. The fraction of sp³-hybridized carbons (Fsp3) is 0.182. The number of benzene rings is 1. The summed E-state index contributed by atoms with van der Waals surface area (Å²) < 4.78 is 0. The highest BCUT2D eigenvalue weighted by atomic mass is 16.4. The molecule has 1 heterocycles. The molecule has 0 atom stereocenters. The number of hydrogen-bond acceptors (Lipinski definition) is 4. The summed E-state index contributed by atoms with van der Waals surface area (Å²) >= 11 is 0. The van der Waals surface area contributed by atoms with E-state index in [1.54, 1.807) is 0 Å². The van der Waals surface area contributed by atoms with Crippen LogP contribution in [0.25, 0.3) is 0 Å². The van der Waals surface area contributed by atoms with Crippen molar-refractivity contribution in [1.29, 1.82) is 0 Å². The molecule has 82 valence electrons. The quantitative estimate of drug-likeness (QED) is 0.639. The number of anilines is 1. The average molecular weight is 218 g/mol. The number of carboxylic acids is 1. The number of aromatic carboxylic acids is 1. The zero-order valence-corrected chi connectivity index (χ0v) is 8.30. The molecular weight excluding hydrogens is 210 g/mol. The van der Waals surface area contributed by atoms with Crippen molar-refractivity contribution >= 4 is 23.5 Å². The maximum atomic E-state index is 11.4. The first-order chi connectivity index (χ1) is 7.59. The molecule has 2 rings (SSSR count). The minimum absolute atomic E-state index is 0.0165. The molecule has 0 aliphatic carbocycles. The van der Waals surface area contributed by atoms with Gasteiger partial charge in [0, 0.05) is 12.8 Å². The van der Waals surface area contributed by atoms with Crippen LogP contribution in [0, 0.1) is 0 Å². The van der Waals surface area contributed by atoms with Crippen molar-refractivity contribution in [3.8, 4) is 0 Å². The maximum Gasteiger partial charge on any atom is 0.234 e. The molecule has 0 unspecified atom stereocenters. The van der Waals surface area contributed by atoms with Gasteiger partial charge in [-0.2, -0.15) is 0 Å². The van der Waals surface area contributed by atoms with Crippen molar-refractivity contribution in [2.24, 2.45) is 0 Å². The molecule has 5 nitrogen and oxygen atoms in total. The molecule has 16 heavy (non-hydrogen) atoms. The lowest BCUT2D eigenvalue weighted by Crippen LogP contribution is -2.28. The molecule has 5 heteroatoms. The highest BCUT2D eigenvalue weighted by Crippen LogP contribution is 2.22. The highest BCUT2D eigenvalue weighted by molar-refractivity contribution is 6.19. The van der Waals surface area contributed by atoms with Crippen LogP contribution in [0.15, 0.2) is 24.3 Å². The topological polar surface area (TPSA) is 77.5 Å². The summed E-state index contributed by atoms with van der Waals surface area (Å²) in [6, 6.07) is 5.46. The van der Waals surface area contributed by atoms with Gasteiger partial charge in [0.1, 0.15) is 0 Å². The Labute approximate surface area is 91.3 Å². The van der Waals surface area contributed by atoms with E-state index in [9.17, 15) is 19.5 Å².